The Hall–Kier alpha value is -0.830. The fourth-order valence-corrected chi connectivity index (χ4v) is 0.898. The fourth-order valence-electron chi connectivity index (χ4n) is 0.898. The number of rotatable bonds is 6. The number of aliphatic carboxylic acids is 1. The Morgan fingerprint density at radius 3 is 2.29 bits per heavy atom. The summed E-state index contributed by atoms with van der Waals surface area (Å²) in [5.41, 5.74) is 0. The molecule has 0 heterocycles. The molecule has 1 unspecified atom stereocenters. The van der Waals surface area contributed by atoms with Crippen molar-refractivity contribution in [1.29, 1.82) is 0 Å². The number of carbonyl (C=O) groups is 1. The minimum atomic E-state index is -0.833. The molecular formula is C11H22O3. The van der Waals surface area contributed by atoms with Crippen molar-refractivity contribution in [2.45, 2.75) is 52.1 Å². The average Bonchev–Trinajstić information content (AvgIpc) is 2.11. The largest absolute Gasteiger partial charge is 0.481 e. The molecule has 84 valence electrons. The number of hydrogen-bond donors (Lipinski definition) is 2. The first-order valence-electron chi connectivity index (χ1n) is 5.04. The summed E-state index contributed by atoms with van der Waals surface area (Å²) < 4.78 is 0. The standard InChI is InChI=1S/C9H18O.C2H4O2/c1-3-5-6-7-8-9(10)4-2;1-2(3)4/h4,9-10H,2-3,5-8H2,1H3;1H3,(H,3,4). The van der Waals surface area contributed by atoms with E-state index >= 15 is 0 Å². The van der Waals surface area contributed by atoms with Crippen LogP contribution in [0, 0.1) is 0 Å². The third-order valence-electron chi connectivity index (χ3n) is 1.63. The molecular weight excluding hydrogens is 180 g/mol. The Morgan fingerprint density at radius 2 is 1.93 bits per heavy atom. The molecule has 0 aromatic heterocycles. The van der Waals surface area contributed by atoms with E-state index in [-0.39, 0.29) is 6.10 Å². The predicted molar refractivity (Wildman–Crippen MR) is 58.3 cm³/mol. The topological polar surface area (TPSA) is 57.5 Å². The highest BCUT2D eigenvalue weighted by Crippen LogP contribution is 2.05. The maximum atomic E-state index is 9.04. The minimum Gasteiger partial charge on any atom is -0.481 e. The summed E-state index contributed by atoms with van der Waals surface area (Å²) >= 11 is 0. The van der Waals surface area contributed by atoms with Crippen molar-refractivity contribution in [3.8, 4) is 0 Å². The average molecular weight is 202 g/mol. The molecule has 0 aromatic rings. The van der Waals surface area contributed by atoms with E-state index in [0.29, 0.717) is 0 Å². The lowest BCUT2D eigenvalue weighted by Crippen LogP contribution is -2.00. The van der Waals surface area contributed by atoms with Crippen LogP contribution in [-0.4, -0.2) is 22.3 Å². The molecule has 0 aliphatic heterocycles. The van der Waals surface area contributed by atoms with Gasteiger partial charge in [0, 0.05) is 6.92 Å². The van der Waals surface area contributed by atoms with Crippen LogP contribution in [0.4, 0.5) is 0 Å². The molecule has 0 bridgehead atoms. The maximum Gasteiger partial charge on any atom is 0.300 e. The van der Waals surface area contributed by atoms with Crippen molar-refractivity contribution in [3.05, 3.63) is 12.7 Å². The lowest BCUT2D eigenvalue weighted by Gasteiger charge is -2.02. The van der Waals surface area contributed by atoms with Gasteiger partial charge in [0.25, 0.3) is 5.97 Å². The van der Waals surface area contributed by atoms with Gasteiger partial charge in [0.15, 0.2) is 0 Å². The van der Waals surface area contributed by atoms with Crippen molar-refractivity contribution in [1.82, 2.24) is 0 Å². The van der Waals surface area contributed by atoms with Crippen LogP contribution in [0.3, 0.4) is 0 Å². The van der Waals surface area contributed by atoms with Crippen LogP contribution in [0.5, 0.6) is 0 Å². The lowest BCUT2D eigenvalue weighted by atomic mass is 10.1. The maximum absolute atomic E-state index is 9.04. The summed E-state index contributed by atoms with van der Waals surface area (Å²) in [5, 5.41) is 16.5. The van der Waals surface area contributed by atoms with E-state index in [1.54, 1.807) is 6.08 Å². The van der Waals surface area contributed by atoms with Gasteiger partial charge in [-0.05, 0) is 6.42 Å². The number of hydrogen-bond acceptors (Lipinski definition) is 2. The molecule has 14 heavy (non-hydrogen) atoms. The van der Waals surface area contributed by atoms with E-state index in [2.05, 4.69) is 13.5 Å². The molecule has 0 aliphatic carbocycles. The van der Waals surface area contributed by atoms with Gasteiger partial charge in [-0.2, -0.15) is 0 Å². The minimum absolute atomic E-state index is 0.281. The number of aliphatic hydroxyl groups is 1. The first kappa shape index (κ1) is 15.6. The second-order valence-electron chi connectivity index (χ2n) is 3.17. The predicted octanol–water partition coefficient (Wildman–Crippen LogP) is 2.59. The summed E-state index contributed by atoms with van der Waals surface area (Å²) in [6.45, 7) is 6.78. The Balaban J connectivity index is 0. The van der Waals surface area contributed by atoms with Gasteiger partial charge in [0.2, 0.25) is 0 Å². The second kappa shape index (κ2) is 12.2. The van der Waals surface area contributed by atoms with Crippen LogP contribution in [0.15, 0.2) is 12.7 Å². The quantitative estimate of drug-likeness (QED) is 0.514. The van der Waals surface area contributed by atoms with Crippen molar-refractivity contribution in [3.63, 3.8) is 0 Å². The Kier molecular flexibility index (Phi) is 13.6. The van der Waals surface area contributed by atoms with E-state index in [1.807, 2.05) is 0 Å². The molecule has 2 N–H and O–H groups in total. The Bertz CT molecular complexity index is 139. The van der Waals surface area contributed by atoms with Gasteiger partial charge < -0.3 is 10.2 Å². The zero-order valence-electron chi connectivity index (χ0n) is 9.20. The SMILES string of the molecule is C=CC(O)CCCCCC.CC(=O)O. The fraction of sp³-hybridized carbons (Fsp3) is 0.727. The molecule has 0 aromatic carbocycles. The highest BCUT2D eigenvalue weighted by molar-refractivity contribution is 5.62. The summed E-state index contributed by atoms with van der Waals surface area (Å²) in [4.78, 5) is 9.00. The van der Waals surface area contributed by atoms with Crippen molar-refractivity contribution >= 4 is 5.97 Å². The summed E-state index contributed by atoms with van der Waals surface area (Å²) in [7, 11) is 0. The third-order valence-corrected chi connectivity index (χ3v) is 1.63. The van der Waals surface area contributed by atoms with Gasteiger partial charge in [-0.3, -0.25) is 4.79 Å². The Morgan fingerprint density at radius 1 is 1.43 bits per heavy atom. The summed E-state index contributed by atoms with van der Waals surface area (Å²) in [6.07, 6.45) is 7.10. The van der Waals surface area contributed by atoms with Gasteiger partial charge in [0.1, 0.15) is 0 Å². The number of carboxylic acids is 1. The molecule has 1 atom stereocenters. The van der Waals surface area contributed by atoms with Gasteiger partial charge in [-0.15, -0.1) is 6.58 Å². The monoisotopic (exact) mass is 202 g/mol. The van der Waals surface area contributed by atoms with Crippen molar-refractivity contribution in [2.75, 3.05) is 0 Å². The van der Waals surface area contributed by atoms with E-state index in [9.17, 15) is 0 Å². The van der Waals surface area contributed by atoms with Crippen LogP contribution in [-0.2, 0) is 4.79 Å². The van der Waals surface area contributed by atoms with Crippen LogP contribution in [0.2, 0.25) is 0 Å². The number of aliphatic hydroxyl groups excluding tert-OH is 1. The van der Waals surface area contributed by atoms with Gasteiger partial charge >= 0.3 is 0 Å². The molecule has 0 rings (SSSR count). The molecule has 0 spiro atoms. The van der Waals surface area contributed by atoms with E-state index < -0.39 is 5.97 Å². The summed E-state index contributed by atoms with van der Waals surface area (Å²) in [5.74, 6) is -0.833. The van der Waals surface area contributed by atoms with Gasteiger partial charge in [0.05, 0.1) is 6.10 Å². The molecule has 0 radical (unpaired) electrons. The van der Waals surface area contributed by atoms with Crippen molar-refractivity contribution in [2.24, 2.45) is 0 Å². The van der Waals surface area contributed by atoms with Crippen LogP contribution < -0.4 is 0 Å². The number of carboxylic acid groups (broad SMARTS) is 1. The molecule has 0 saturated heterocycles. The van der Waals surface area contributed by atoms with Gasteiger partial charge in [-0.25, -0.2) is 0 Å². The highest BCUT2D eigenvalue weighted by Gasteiger charge is 1.95. The van der Waals surface area contributed by atoms with E-state index in [0.717, 1.165) is 19.8 Å². The normalized spacial score (nSPS) is 11.1. The van der Waals surface area contributed by atoms with Crippen LogP contribution in [0.25, 0.3) is 0 Å². The van der Waals surface area contributed by atoms with E-state index in [1.165, 1.54) is 19.3 Å². The third kappa shape index (κ3) is 22.5. The molecule has 0 aliphatic rings. The zero-order chi connectivity index (χ0) is 11.4. The van der Waals surface area contributed by atoms with Crippen LogP contribution in [0.1, 0.15) is 46.0 Å². The molecule has 3 heteroatoms. The molecule has 0 fully saturated rings. The van der Waals surface area contributed by atoms with Gasteiger partial charge in [-0.1, -0.05) is 38.7 Å². The molecule has 0 amide bonds. The van der Waals surface area contributed by atoms with Crippen molar-refractivity contribution < 1.29 is 15.0 Å². The lowest BCUT2D eigenvalue weighted by molar-refractivity contribution is -0.134. The first-order valence-corrected chi connectivity index (χ1v) is 5.04. The zero-order valence-corrected chi connectivity index (χ0v) is 9.20. The molecule has 0 saturated carbocycles. The van der Waals surface area contributed by atoms with E-state index in [4.69, 9.17) is 15.0 Å². The summed E-state index contributed by atoms with van der Waals surface area (Å²) in [6, 6.07) is 0. The number of unbranched alkanes of at least 4 members (excludes halogenated alkanes) is 3. The molecule has 3 nitrogen and oxygen atoms in total. The second-order valence-corrected chi connectivity index (χ2v) is 3.17. The first-order chi connectivity index (χ1) is 6.54. The smallest absolute Gasteiger partial charge is 0.300 e. The Labute approximate surface area is 86.5 Å². The highest BCUT2D eigenvalue weighted by atomic mass is 16.4. The van der Waals surface area contributed by atoms with Crippen LogP contribution >= 0.6 is 0 Å².